The molecule has 0 rings (SSSR count). The van der Waals surface area contributed by atoms with Gasteiger partial charge in [-0.25, -0.2) is 10.2 Å². The molecule has 0 unspecified atom stereocenters. The van der Waals surface area contributed by atoms with Gasteiger partial charge in [-0.2, -0.15) is 13.2 Å². The minimum absolute atomic E-state index is 0.524. The number of halogens is 3. The number of aliphatic hydroxyl groups is 1. The summed E-state index contributed by atoms with van der Waals surface area (Å²) in [5.74, 6) is -1.46. The zero-order valence-electron chi connectivity index (χ0n) is 7.38. The molecule has 0 fully saturated rings. The zero-order valence-corrected chi connectivity index (χ0v) is 7.38. The van der Waals surface area contributed by atoms with Crippen molar-refractivity contribution in [2.24, 2.45) is 0 Å². The van der Waals surface area contributed by atoms with Crippen LogP contribution in [0.4, 0.5) is 13.2 Å². The molecule has 0 aliphatic carbocycles. The van der Waals surface area contributed by atoms with Gasteiger partial charge in [0.05, 0.1) is 6.26 Å². The predicted molar refractivity (Wildman–Crippen MR) is 44.7 cm³/mol. The lowest BCUT2D eigenvalue weighted by Crippen LogP contribution is -2.40. The topological polar surface area (TPSA) is 81.6 Å². The Hall–Kier alpha value is -1.70. The molecule has 0 heterocycles. The number of carboxylic acids is 1. The quantitative estimate of drug-likeness (QED) is 0.240. The van der Waals surface area contributed by atoms with Gasteiger partial charge in [0.25, 0.3) is 0 Å². The van der Waals surface area contributed by atoms with Crippen LogP contribution in [0.5, 0.6) is 0 Å². The molecule has 15 heavy (non-hydrogen) atoms. The van der Waals surface area contributed by atoms with Crippen molar-refractivity contribution in [1.29, 1.82) is 0 Å². The molecule has 8 heteroatoms. The van der Waals surface area contributed by atoms with Crippen LogP contribution in [0.15, 0.2) is 24.1 Å². The highest BCUT2D eigenvalue weighted by Crippen LogP contribution is 2.11. The monoisotopic (exact) mass is 226 g/mol. The lowest BCUT2D eigenvalue weighted by atomic mass is 10.4. The van der Waals surface area contributed by atoms with E-state index in [0.717, 1.165) is 12.2 Å². The van der Waals surface area contributed by atoms with E-state index in [1.807, 2.05) is 5.43 Å². The lowest BCUT2D eigenvalue weighted by molar-refractivity contribution is -0.135. The van der Waals surface area contributed by atoms with Gasteiger partial charge in [-0.1, -0.05) is 0 Å². The summed E-state index contributed by atoms with van der Waals surface area (Å²) in [6.45, 7) is -1.37. The normalized spacial score (nSPS) is 13.1. The third kappa shape index (κ3) is 7.38. The summed E-state index contributed by atoms with van der Waals surface area (Å²) < 4.78 is 34.9. The van der Waals surface area contributed by atoms with E-state index in [-0.39, 0.29) is 0 Å². The largest absolute Gasteiger partial charge is 0.516 e. The van der Waals surface area contributed by atoms with Crippen LogP contribution in [0, 0.1) is 0 Å². The van der Waals surface area contributed by atoms with Crippen LogP contribution in [0.2, 0.25) is 0 Å². The van der Waals surface area contributed by atoms with Crippen LogP contribution in [0.3, 0.4) is 0 Å². The minimum Gasteiger partial charge on any atom is -0.516 e. The molecule has 0 radical (unpaired) electrons. The van der Waals surface area contributed by atoms with Crippen LogP contribution in [-0.2, 0) is 4.79 Å². The smallest absolute Gasteiger partial charge is 0.402 e. The number of alkyl halides is 3. The summed E-state index contributed by atoms with van der Waals surface area (Å²) in [6.07, 6.45) is -2.05. The van der Waals surface area contributed by atoms with Crippen molar-refractivity contribution < 1.29 is 28.2 Å². The summed E-state index contributed by atoms with van der Waals surface area (Å²) in [7, 11) is 0. The highest BCUT2D eigenvalue weighted by molar-refractivity contribution is 5.86. The first-order valence-electron chi connectivity index (χ1n) is 3.67. The maximum absolute atomic E-state index is 11.6. The number of carboxylic acid groups (broad SMARTS) is 1. The minimum atomic E-state index is -4.44. The van der Waals surface area contributed by atoms with Gasteiger partial charge < -0.3 is 15.6 Å². The number of allylic oxidation sites excluding steroid dienone is 2. The number of carbonyl (C=O) groups is 1. The fraction of sp³-hybridized carbons (Fsp3) is 0.286. The average molecular weight is 226 g/mol. The maximum Gasteiger partial charge on any atom is 0.402 e. The fourth-order valence-electron chi connectivity index (χ4n) is 0.545. The van der Waals surface area contributed by atoms with Crippen molar-refractivity contribution in [2.45, 2.75) is 6.18 Å². The second-order valence-electron chi connectivity index (χ2n) is 2.32. The molecule has 0 saturated heterocycles. The van der Waals surface area contributed by atoms with E-state index in [2.05, 4.69) is 0 Å². The molecule has 0 bridgehead atoms. The first-order chi connectivity index (χ1) is 6.87. The number of aliphatic carboxylic acids is 1. The lowest BCUT2D eigenvalue weighted by Gasteiger charge is -2.10. The van der Waals surface area contributed by atoms with Gasteiger partial charge in [0.1, 0.15) is 12.2 Å². The molecule has 0 aliphatic rings. The molecule has 0 spiro atoms. The van der Waals surface area contributed by atoms with Crippen molar-refractivity contribution in [3.63, 3.8) is 0 Å². The third-order valence-electron chi connectivity index (χ3n) is 1.09. The van der Waals surface area contributed by atoms with Gasteiger partial charge in [0.15, 0.2) is 0 Å². The van der Waals surface area contributed by atoms with Crippen molar-refractivity contribution in [3.05, 3.63) is 24.1 Å². The molecule has 0 aromatic carbocycles. The van der Waals surface area contributed by atoms with Crippen molar-refractivity contribution in [1.82, 2.24) is 10.9 Å². The van der Waals surface area contributed by atoms with Crippen molar-refractivity contribution in [2.75, 3.05) is 6.54 Å². The molecule has 4 N–H and O–H groups in total. The molecule has 0 saturated carbocycles. The first kappa shape index (κ1) is 13.3. The fourth-order valence-corrected chi connectivity index (χ4v) is 0.545. The Balaban J connectivity index is 4.15. The summed E-state index contributed by atoms with van der Waals surface area (Å²) in [5, 5.41) is 16.7. The first-order valence-corrected chi connectivity index (χ1v) is 3.67. The van der Waals surface area contributed by atoms with Crippen molar-refractivity contribution in [3.8, 4) is 0 Å². The Labute approximate surface area is 82.9 Å². The molecule has 86 valence electrons. The molecule has 0 atom stereocenters. The second kappa shape index (κ2) is 5.91. The van der Waals surface area contributed by atoms with E-state index in [1.165, 1.54) is 0 Å². The Morgan fingerprint density at radius 2 is 2.00 bits per heavy atom. The van der Waals surface area contributed by atoms with Crippen LogP contribution in [0.25, 0.3) is 0 Å². The molecular weight excluding hydrogens is 217 g/mol. The molecule has 0 aromatic heterocycles. The SMILES string of the molecule is O=C(O)/C(=C/C=C/O)NNCC(F)(F)F. The summed E-state index contributed by atoms with van der Waals surface area (Å²) >= 11 is 0. The van der Waals surface area contributed by atoms with Crippen LogP contribution in [0.1, 0.15) is 0 Å². The number of hydrogen-bond acceptors (Lipinski definition) is 4. The van der Waals surface area contributed by atoms with Crippen LogP contribution >= 0.6 is 0 Å². The number of nitrogens with one attached hydrogen (secondary N) is 2. The molecule has 0 amide bonds. The second-order valence-corrected chi connectivity index (χ2v) is 2.32. The summed E-state index contributed by atoms with van der Waals surface area (Å²) in [5.41, 5.74) is 2.99. The highest BCUT2D eigenvalue weighted by atomic mass is 19.4. The van der Waals surface area contributed by atoms with Gasteiger partial charge in [-0.3, -0.25) is 0 Å². The standard InChI is InChI=1S/C7H9F3N2O3/c8-7(9,10)4-11-12-5(6(14)15)2-1-3-13/h1-3,11-13H,4H2,(H,14,15)/b3-1+,5-2-. The van der Waals surface area contributed by atoms with Gasteiger partial charge in [0.2, 0.25) is 0 Å². The van der Waals surface area contributed by atoms with E-state index < -0.39 is 24.4 Å². The summed E-state index contributed by atoms with van der Waals surface area (Å²) in [4.78, 5) is 10.4. The average Bonchev–Trinajstić information content (AvgIpc) is 2.08. The van der Waals surface area contributed by atoms with Gasteiger partial charge in [0, 0.05) is 0 Å². The number of aliphatic hydroxyl groups excluding tert-OH is 1. The Morgan fingerprint density at radius 3 is 2.40 bits per heavy atom. The van der Waals surface area contributed by atoms with E-state index in [9.17, 15) is 18.0 Å². The van der Waals surface area contributed by atoms with E-state index in [1.54, 1.807) is 5.43 Å². The maximum atomic E-state index is 11.6. The van der Waals surface area contributed by atoms with E-state index in [0.29, 0.717) is 6.26 Å². The van der Waals surface area contributed by atoms with Gasteiger partial charge in [-0.05, 0) is 12.2 Å². The van der Waals surface area contributed by atoms with E-state index in [4.69, 9.17) is 10.2 Å². The number of hydrazine groups is 1. The molecule has 0 aromatic rings. The Bertz CT molecular complexity index is 273. The van der Waals surface area contributed by atoms with Gasteiger partial charge >= 0.3 is 12.1 Å². The van der Waals surface area contributed by atoms with E-state index >= 15 is 0 Å². The number of rotatable bonds is 5. The molecule has 5 nitrogen and oxygen atoms in total. The Kier molecular flexibility index (Phi) is 5.24. The predicted octanol–water partition coefficient (Wildman–Crippen LogP) is 0.683. The number of hydrogen-bond donors (Lipinski definition) is 4. The Morgan fingerprint density at radius 1 is 1.40 bits per heavy atom. The van der Waals surface area contributed by atoms with Crippen molar-refractivity contribution >= 4 is 5.97 Å². The third-order valence-corrected chi connectivity index (χ3v) is 1.09. The van der Waals surface area contributed by atoms with Crippen LogP contribution < -0.4 is 10.9 Å². The molecular formula is C7H9F3N2O3. The zero-order chi connectivity index (χ0) is 11.9. The summed E-state index contributed by atoms with van der Waals surface area (Å²) in [6, 6.07) is 0. The highest BCUT2D eigenvalue weighted by Gasteiger charge is 2.26. The molecule has 0 aliphatic heterocycles. The van der Waals surface area contributed by atoms with Gasteiger partial charge in [-0.15, -0.1) is 0 Å². The van der Waals surface area contributed by atoms with Crippen LogP contribution in [-0.4, -0.2) is 28.9 Å².